The molecule has 30 heavy (non-hydrogen) atoms. The number of amides is 2. The molecule has 2 amide bonds. The van der Waals surface area contributed by atoms with Crippen molar-refractivity contribution < 1.29 is 9.59 Å². The van der Waals surface area contributed by atoms with Gasteiger partial charge in [0.15, 0.2) is 0 Å². The van der Waals surface area contributed by atoms with Gasteiger partial charge in [-0.2, -0.15) is 0 Å². The predicted octanol–water partition coefficient (Wildman–Crippen LogP) is 5.95. The standard InChI is InChI=1S/C24H23ClN2O2S/c1-16-3-9-21(10-4-16)27-24(29)17(2)30-22-13-11-20(12-14-22)26-23(28)15-18-5-7-19(25)8-6-18/h3-14,17H,15H2,1-2H3,(H,26,28)(H,27,29). The van der Waals surface area contributed by atoms with Crippen molar-refractivity contribution in [1.29, 1.82) is 0 Å². The fourth-order valence-corrected chi connectivity index (χ4v) is 3.74. The number of thioether (sulfide) groups is 1. The number of anilines is 2. The lowest BCUT2D eigenvalue weighted by Crippen LogP contribution is -2.22. The molecule has 0 aliphatic carbocycles. The number of hydrogen-bond acceptors (Lipinski definition) is 3. The molecule has 4 nitrogen and oxygen atoms in total. The maximum Gasteiger partial charge on any atom is 0.237 e. The molecule has 0 aliphatic heterocycles. The number of hydrogen-bond donors (Lipinski definition) is 2. The van der Waals surface area contributed by atoms with Crippen LogP contribution in [0.25, 0.3) is 0 Å². The van der Waals surface area contributed by atoms with Crippen LogP contribution in [0.3, 0.4) is 0 Å². The Kier molecular flexibility index (Phi) is 7.55. The van der Waals surface area contributed by atoms with Gasteiger partial charge in [-0.3, -0.25) is 9.59 Å². The topological polar surface area (TPSA) is 58.2 Å². The average molecular weight is 439 g/mol. The minimum atomic E-state index is -0.253. The summed E-state index contributed by atoms with van der Waals surface area (Å²) in [5, 5.41) is 6.21. The first-order chi connectivity index (χ1) is 14.4. The number of benzene rings is 3. The van der Waals surface area contributed by atoms with Crippen LogP contribution in [0.5, 0.6) is 0 Å². The lowest BCUT2D eigenvalue weighted by Gasteiger charge is -2.13. The molecule has 1 unspecified atom stereocenters. The molecule has 0 fully saturated rings. The fraction of sp³-hybridized carbons (Fsp3) is 0.167. The summed E-state index contributed by atoms with van der Waals surface area (Å²) in [5.41, 5.74) is 3.56. The minimum Gasteiger partial charge on any atom is -0.326 e. The van der Waals surface area contributed by atoms with E-state index >= 15 is 0 Å². The SMILES string of the molecule is Cc1ccc(NC(=O)C(C)Sc2ccc(NC(=O)Cc3ccc(Cl)cc3)cc2)cc1. The normalized spacial score (nSPS) is 11.6. The third-order valence-corrected chi connectivity index (χ3v) is 5.78. The number of aryl methyl sites for hydroxylation is 1. The number of halogens is 1. The molecule has 0 saturated carbocycles. The van der Waals surface area contributed by atoms with Crippen molar-refractivity contribution in [3.63, 3.8) is 0 Å². The van der Waals surface area contributed by atoms with E-state index in [4.69, 9.17) is 11.6 Å². The van der Waals surface area contributed by atoms with E-state index in [0.29, 0.717) is 5.02 Å². The first-order valence-corrected chi connectivity index (χ1v) is 10.8. The van der Waals surface area contributed by atoms with Crippen molar-refractivity contribution in [1.82, 2.24) is 0 Å². The van der Waals surface area contributed by atoms with Gasteiger partial charge in [0.05, 0.1) is 11.7 Å². The molecule has 6 heteroatoms. The van der Waals surface area contributed by atoms with Gasteiger partial charge in [-0.05, 0) is 67.9 Å². The zero-order valence-corrected chi connectivity index (χ0v) is 18.4. The van der Waals surface area contributed by atoms with E-state index in [1.54, 1.807) is 12.1 Å². The van der Waals surface area contributed by atoms with Crippen molar-refractivity contribution in [3.8, 4) is 0 Å². The molecule has 0 aromatic heterocycles. The number of carbonyl (C=O) groups excluding carboxylic acids is 2. The monoisotopic (exact) mass is 438 g/mol. The summed E-state index contributed by atoms with van der Waals surface area (Å²) in [4.78, 5) is 25.6. The number of nitrogens with one attached hydrogen (secondary N) is 2. The Morgan fingerprint density at radius 2 is 1.43 bits per heavy atom. The summed E-state index contributed by atoms with van der Waals surface area (Å²) in [6.07, 6.45) is 0.282. The highest BCUT2D eigenvalue weighted by Crippen LogP contribution is 2.26. The van der Waals surface area contributed by atoms with Crippen LogP contribution >= 0.6 is 23.4 Å². The van der Waals surface area contributed by atoms with Crippen molar-refractivity contribution in [2.75, 3.05) is 10.6 Å². The van der Waals surface area contributed by atoms with Crippen molar-refractivity contribution in [2.45, 2.75) is 30.4 Å². The Morgan fingerprint density at radius 3 is 2.07 bits per heavy atom. The van der Waals surface area contributed by atoms with Crippen LogP contribution in [-0.4, -0.2) is 17.1 Å². The van der Waals surface area contributed by atoms with Gasteiger partial charge in [0.25, 0.3) is 0 Å². The molecule has 0 saturated heterocycles. The summed E-state index contributed by atoms with van der Waals surface area (Å²) in [5.74, 6) is -0.146. The van der Waals surface area contributed by atoms with Crippen molar-refractivity contribution in [2.24, 2.45) is 0 Å². The molecule has 0 aliphatic rings. The molecule has 3 rings (SSSR count). The molecule has 0 spiro atoms. The van der Waals surface area contributed by atoms with E-state index in [-0.39, 0.29) is 23.5 Å². The van der Waals surface area contributed by atoms with Crippen LogP contribution in [-0.2, 0) is 16.0 Å². The molecular weight excluding hydrogens is 416 g/mol. The summed E-state index contributed by atoms with van der Waals surface area (Å²) in [7, 11) is 0. The largest absolute Gasteiger partial charge is 0.326 e. The Bertz CT molecular complexity index is 1000. The van der Waals surface area contributed by atoms with Gasteiger partial charge < -0.3 is 10.6 Å². The van der Waals surface area contributed by atoms with E-state index in [1.807, 2.05) is 74.5 Å². The summed E-state index contributed by atoms with van der Waals surface area (Å²) in [6.45, 7) is 3.88. The number of carbonyl (C=O) groups is 2. The van der Waals surface area contributed by atoms with Gasteiger partial charge in [0, 0.05) is 21.3 Å². The van der Waals surface area contributed by atoms with E-state index in [9.17, 15) is 9.59 Å². The van der Waals surface area contributed by atoms with Crippen molar-refractivity contribution >= 4 is 46.6 Å². The third-order valence-electron chi connectivity index (χ3n) is 4.42. The van der Waals surface area contributed by atoms with E-state index in [1.165, 1.54) is 11.8 Å². The second kappa shape index (κ2) is 10.3. The van der Waals surface area contributed by atoms with Gasteiger partial charge in [0.1, 0.15) is 0 Å². The maximum absolute atomic E-state index is 12.4. The molecule has 0 heterocycles. The van der Waals surface area contributed by atoms with Gasteiger partial charge in [0.2, 0.25) is 11.8 Å². The highest BCUT2D eigenvalue weighted by molar-refractivity contribution is 8.00. The Labute approximate surface area is 186 Å². The average Bonchev–Trinajstić information content (AvgIpc) is 2.73. The lowest BCUT2D eigenvalue weighted by atomic mass is 10.1. The van der Waals surface area contributed by atoms with E-state index in [2.05, 4.69) is 10.6 Å². The highest BCUT2D eigenvalue weighted by Gasteiger charge is 2.14. The summed E-state index contributed by atoms with van der Waals surface area (Å²) >= 11 is 7.34. The zero-order valence-electron chi connectivity index (χ0n) is 16.8. The Morgan fingerprint density at radius 1 is 0.867 bits per heavy atom. The molecule has 154 valence electrons. The van der Waals surface area contributed by atoms with Gasteiger partial charge >= 0.3 is 0 Å². The molecular formula is C24H23ClN2O2S. The van der Waals surface area contributed by atoms with Crippen LogP contribution in [0, 0.1) is 6.92 Å². The van der Waals surface area contributed by atoms with Gasteiger partial charge in [-0.1, -0.05) is 41.4 Å². The zero-order chi connectivity index (χ0) is 21.5. The van der Waals surface area contributed by atoms with E-state index < -0.39 is 0 Å². The molecule has 3 aromatic carbocycles. The van der Waals surface area contributed by atoms with Gasteiger partial charge in [-0.15, -0.1) is 11.8 Å². The van der Waals surface area contributed by atoms with Crippen LogP contribution in [0.15, 0.2) is 77.7 Å². The second-order valence-corrected chi connectivity index (χ2v) is 8.84. The highest BCUT2D eigenvalue weighted by atomic mass is 35.5. The predicted molar refractivity (Wildman–Crippen MR) is 125 cm³/mol. The second-order valence-electron chi connectivity index (χ2n) is 6.99. The molecule has 1 atom stereocenters. The Balaban J connectivity index is 1.50. The van der Waals surface area contributed by atoms with Crippen LogP contribution in [0.1, 0.15) is 18.1 Å². The molecule has 0 bridgehead atoms. The minimum absolute atomic E-state index is 0.0517. The number of rotatable bonds is 7. The summed E-state index contributed by atoms with van der Waals surface area (Å²) in [6, 6.07) is 22.4. The smallest absolute Gasteiger partial charge is 0.237 e. The fourth-order valence-electron chi connectivity index (χ4n) is 2.75. The van der Waals surface area contributed by atoms with E-state index in [0.717, 1.165) is 27.4 Å². The first-order valence-electron chi connectivity index (χ1n) is 9.57. The first kappa shape index (κ1) is 21.9. The van der Waals surface area contributed by atoms with Crippen molar-refractivity contribution in [3.05, 3.63) is 88.9 Å². The quantitative estimate of drug-likeness (QED) is 0.448. The summed E-state index contributed by atoms with van der Waals surface area (Å²) < 4.78 is 0. The maximum atomic E-state index is 12.4. The van der Waals surface area contributed by atoms with Gasteiger partial charge in [-0.25, -0.2) is 0 Å². The van der Waals surface area contributed by atoms with Crippen LogP contribution < -0.4 is 10.6 Å². The molecule has 3 aromatic rings. The van der Waals surface area contributed by atoms with Crippen LogP contribution in [0.4, 0.5) is 11.4 Å². The van der Waals surface area contributed by atoms with Crippen LogP contribution in [0.2, 0.25) is 5.02 Å². The Hall–Kier alpha value is -2.76. The lowest BCUT2D eigenvalue weighted by molar-refractivity contribution is -0.116. The third kappa shape index (κ3) is 6.65. The molecule has 0 radical (unpaired) electrons. The molecule has 2 N–H and O–H groups in total.